The Bertz CT molecular complexity index is 1410. The van der Waals surface area contributed by atoms with E-state index in [0.29, 0.717) is 23.4 Å². The predicted octanol–water partition coefficient (Wildman–Crippen LogP) is 4.92. The quantitative estimate of drug-likeness (QED) is 0.359. The Morgan fingerprint density at radius 1 is 0.973 bits per heavy atom. The first-order valence-electron chi connectivity index (χ1n) is 11.3. The van der Waals surface area contributed by atoms with Crippen LogP contribution in [-0.2, 0) is 5.92 Å². The van der Waals surface area contributed by atoms with Gasteiger partial charge in [0.15, 0.2) is 12.0 Å². The van der Waals surface area contributed by atoms with Gasteiger partial charge in [0.1, 0.15) is 5.69 Å². The number of nitrogens with one attached hydrogen (secondary N) is 2. The second-order valence-electron chi connectivity index (χ2n) is 8.22. The van der Waals surface area contributed by atoms with E-state index in [1.165, 1.54) is 0 Å². The van der Waals surface area contributed by atoms with Crippen LogP contribution in [0.25, 0.3) is 22.4 Å². The van der Waals surface area contributed by atoms with Crippen molar-refractivity contribution in [2.75, 3.05) is 19.4 Å². The Balaban J connectivity index is 0.00000121. The minimum absolute atomic E-state index is 0.212. The summed E-state index contributed by atoms with van der Waals surface area (Å²) in [5, 5.41) is 12.6. The van der Waals surface area contributed by atoms with Crippen LogP contribution in [0.3, 0.4) is 0 Å². The molecule has 1 amide bonds. The number of alkyl halides is 2. The van der Waals surface area contributed by atoms with E-state index >= 15 is 0 Å². The van der Waals surface area contributed by atoms with E-state index in [1.54, 1.807) is 36.7 Å². The molecule has 0 saturated heterocycles. The van der Waals surface area contributed by atoms with Crippen LogP contribution in [0, 0.1) is 6.92 Å². The van der Waals surface area contributed by atoms with Crippen LogP contribution < -0.4 is 10.6 Å². The molecule has 0 aliphatic heterocycles. The van der Waals surface area contributed by atoms with Gasteiger partial charge in [0.2, 0.25) is 0 Å². The minimum Gasteiger partial charge on any atom is -0.323 e. The molecule has 190 valence electrons. The molecule has 1 aromatic carbocycles. The molecule has 0 atom stereocenters. The third kappa shape index (κ3) is 7.05. The summed E-state index contributed by atoms with van der Waals surface area (Å²) >= 11 is 0. The number of aryl methyl sites for hydroxylation is 1. The molecule has 2 N–H and O–H groups in total. The van der Waals surface area contributed by atoms with Gasteiger partial charge in [-0.25, -0.2) is 8.78 Å². The van der Waals surface area contributed by atoms with Crippen molar-refractivity contribution in [2.24, 2.45) is 0 Å². The van der Waals surface area contributed by atoms with Gasteiger partial charge in [-0.2, -0.15) is 5.10 Å². The first kappa shape index (κ1) is 27.2. The summed E-state index contributed by atoms with van der Waals surface area (Å²) in [5.41, 5.74) is 4.20. The molecule has 4 rings (SSSR count). The van der Waals surface area contributed by atoms with Gasteiger partial charge in [-0.05, 0) is 80.2 Å². The summed E-state index contributed by atoms with van der Waals surface area (Å²) < 4.78 is 27.2. The van der Waals surface area contributed by atoms with Gasteiger partial charge < -0.3 is 10.6 Å². The van der Waals surface area contributed by atoms with Crippen molar-refractivity contribution >= 4 is 17.9 Å². The van der Waals surface area contributed by atoms with Gasteiger partial charge in [0.05, 0.1) is 11.9 Å². The number of anilines is 1. The van der Waals surface area contributed by atoms with Crippen molar-refractivity contribution in [3.8, 4) is 22.4 Å². The van der Waals surface area contributed by atoms with Gasteiger partial charge >= 0.3 is 0 Å². The van der Waals surface area contributed by atoms with Crippen LogP contribution in [0.1, 0.15) is 39.0 Å². The molecule has 0 radical (unpaired) electrons. The van der Waals surface area contributed by atoms with Crippen LogP contribution in [0.2, 0.25) is 0 Å². The maximum Gasteiger partial charge on any atom is 0.276 e. The number of pyridine rings is 2. The fourth-order valence-electron chi connectivity index (χ4n) is 3.35. The number of hydrogen-bond donors (Lipinski definition) is 2. The number of halogens is 2. The Labute approximate surface area is 213 Å². The summed E-state index contributed by atoms with van der Waals surface area (Å²) in [5.74, 6) is -3.79. The molecule has 0 saturated carbocycles. The predicted molar refractivity (Wildman–Crippen MR) is 138 cm³/mol. The molecule has 0 bridgehead atoms. The Hall–Kier alpha value is -4.44. The highest BCUT2D eigenvalue weighted by Crippen LogP contribution is 2.30. The van der Waals surface area contributed by atoms with Crippen LogP contribution in [0.15, 0.2) is 67.1 Å². The van der Waals surface area contributed by atoms with Crippen LogP contribution >= 0.6 is 0 Å². The molecule has 0 unspecified atom stereocenters. The van der Waals surface area contributed by atoms with E-state index in [2.05, 4.69) is 30.8 Å². The van der Waals surface area contributed by atoms with Crippen molar-refractivity contribution in [3.63, 3.8) is 0 Å². The number of rotatable bonds is 6. The zero-order chi connectivity index (χ0) is 27.0. The number of hydrogen-bond acceptors (Lipinski definition) is 7. The summed E-state index contributed by atoms with van der Waals surface area (Å²) in [6, 6.07) is 13.5. The Morgan fingerprint density at radius 3 is 2.38 bits per heavy atom. The minimum atomic E-state index is -3.14. The summed E-state index contributed by atoms with van der Waals surface area (Å²) in [4.78, 5) is 32.0. The highest BCUT2D eigenvalue weighted by Gasteiger charge is 2.26. The zero-order valence-corrected chi connectivity index (χ0v) is 20.8. The van der Waals surface area contributed by atoms with E-state index in [-0.39, 0.29) is 5.69 Å². The van der Waals surface area contributed by atoms with Gasteiger partial charge in [-0.3, -0.25) is 19.6 Å². The number of aromatic nitrogens is 4. The highest BCUT2D eigenvalue weighted by atomic mass is 19.3. The van der Waals surface area contributed by atoms with Gasteiger partial charge in [-0.15, -0.1) is 5.10 Å². The van der Waals surface area contributed by atoms with Crippen molar-refractivity contribution in [2.45, 2.75) is 19.8 Å². The van der Waals surface area contributed by atoms with Crippen molar-refractivity contribution < 1.29 is 18.4 Å². The van der Waals surface area contributed by atoms with Crippen LogP contribution in [-0.4, -0.2) is 46.5 Å². The molecule has 0 spiro atoms. The maximum absolute atomic E-state index is 13.6. The van der Waals surface area contributed by atoms with Crippen molar-refractivity contribution in [1.29, 1.82) is 0 Å². The molecule has 8 nitrogen and oxygen atoms in total. The maximum atomic E-state index is 13.6. The average molecular weight is 505 g/mol. The summed E-state index contributed by atoms with van der Waals surface area (Å²) in [7, 11) is 3.75. The number of carbonyl (C=O) groups excluding carboxylic acids is 2. The first-order chi connectivity index (χ1) is 17.7. The smallest absolute Gasteiger partial charge is 0.276 e. The van der Waals surface area contributed by atoms with Gasteiger partial charge in [0, 0.05) is 36.1 Å². The van der Waals surface area contributed by atoms with Crippen LogP contribution in [0.5, 0.6) is 0 Å². The standard InChI is InChI=1S/C25H19F2N5O2.C2H7N/c1-15-3-4-19(31-24(34)23-11-18(13-30-32-23)25(2,26)27)12-21(15)16-5-8-29-22(10-16)17-6-7-28-20(9-17)14-33;1-3-2/h3-14H,1-2H3,(H,31,34);3H,1-2H3. The van der Waals surface area contributed by atoms with E-state index in [4.69, 9.17) is 0 Å². The summed E-state index contributed by atoms with van der Waals surface area (Å²) in [6.07, 6.45) is 4.80. The van der Waals surface area contributed by atoms with E-state index in [9.17, 15) is 18.4 Å². The monoisotopic (exact) mass is 504 g/mol. The Kier molecular flexibility index (Phi) is 8.81. The second-order valence-corrected chi connectivity index (χ2v) is 8.22. The highest BCUT2D eigenvalue weighted by molar-refractivity contribution is 6.03. The lowest BCUT2D eigenvalue weighted by Gasteiger charge is -2.12. The summed E-state index contributed by atoms with van der Waals surface area (Å²) in [6.45, 7) is 2.66. The molecule has 37 heavy (non-hydrogen) atoms. The number of nitrogens with zero attached hydrogens (tertiary/aromatic N) is 4. The molecule has 3 aromatic heterocycles. The lowest BCUT2D eigenvalue weighted by Crippen LogP contribution is -2.17. The second kappa shape index (κ2) is 12.0. The number of aldehydes is 1. The molecule has 10 heteroatoms. The fraction of sp³-hybridized carbons (Fsp3) is 0.185. The molecular formula is C27H26F2N6O2. The van der Waals surface area contributed by atoms with E-state index < -0.39 is 17.4 Å². The van der Waals surface area contributed by atoms with Crippen LogP contribution in [0.4, 0.5) is 14.5 Å². The molecule has 0 aliphatic rings. The number of carbonyl (C=O) groups is 2. The molecule has 0 fully saturated rings. The molecule has 3 heterocycles. The van der Waals surface area contributed by atoms with Crippen molar-refractivity contribution in [3.05, 3.63) is 89.6 Å². The van der Waals surface area contributed by atoms with Crippen molar-refractivity contribution in [1.82, 2.24) is 25.5 Å². The molecule has 0 aliphatic carbocycles. The molecular weight excluding hydrogens is 478 g/mol. The lowest BCUT2D eigenvalue weighted by atomic mass is 9.99. The average Bonchev–Trinajstić information content (AvgIpc) is 2.90. The third-order valence-electron chi connectivity index (χ3n) is 5.16. The van der Waals surface area contributed by atoms with E-state index in [0.717, 1.165) is 41.4 Å². The fourth-order valence-corrected chi connectivity index (χ4v) is 3.35. The normalized spacial score (nSPS) is 10.8. The number of benzene rings is 1. The van der Waals surface area contributed by atoms with Gasteiger partial charge in [0.25, 0.3) is 11.8 Å². The third-order valence-corrected chi connectivity index (χ3v) is 5.16. The Morgan fingerprint density at radius 2 is 1.68 bits per heavy atom. The first-order valence-corrected chi connectivity index (χ1v) is 11.3. The largest absolute Gasteiger partial charge is 0.323 e. The topological polar surface area (TPSA) is 110 Å². The van der Waals surface area contributed by atoms with E-state index in [1.807, 2.05) is 39.2 Å². The van der Waals surface area contributed by atoms with Gasteiger partial charge in [-0.1, -0.05) is 6.07 Å². The SMILES string of the molecule is CNC.Cc1ccc(NC(=O)c2cc(C(C)(F)F)cnn2)cc1-c1ccnc(-c2ccnc(C=O)c2)c1. The zero-order valence-electron chi connectivity index (χ0n) is 20.8. The lowest BCUT2D eigenvalue weighted by molar-refractivity contribution is 0.0169. The number of amides is 1. The molecule has 4 aromatic rings.